The van der Waals surface area contributed by atoms with Gasteiger partial charge >= 0.3 is 0 Å². The van der Waals surface area contributed by atoms with Crippen molar-refractivity contribution in [1.29, 1.82) is 0 Å². The van der Waals surface area contributed by atoms with E-state index in [-0.39, 0.29) is 0 Å². The molecule has 0 heterocycles. The number of benzene rings is 1. The summed E-state index contributed by atoms with van der Waals surface area (Å²) in [4.78, 5) is 4.20. The average Bonchev–Trinajstić information content (AvgIpc) is 2.50. The normalized spacial score (nSPS) is 19.8. The Bertz CT molecular complexity index is 335. The van der Waals surface area contributed by atoms with Crippen LogP contribution in [0.2, 0.25) is 0 Å². The van der Waals surface area contributed by atoms with Gasteiger partial charge in [-0.05, 0) is 36.4 Å². The fraction of sp³-hybridized carbons (Fsp3) is 0.273. The largest absolute Gasteiger partial charge is 0.236 e. The number of fused-ring (bicyclic) bond motifs is 1. The van der Waals surface area contributed by atoms with E-state index in [4.69, 9.17) is 0 Å². The van der Waals surface area contributed by atoms with Crippen molar-refractivity contribution in [3.05, 3.63) is 42.0 Å². The van der Waals surface area contributed by atoms with Crippen molar-refractivity contribution in [2.75, 3.05) is 0 Å². The quantitative estimate of drug-likeness (QED) is 0.555. The van der Waals surface area contributed by atoms with Crippen molar-refractivity contribution >= 4 is 5.87 Å². The van der Waals surface area contributed by atoms with E-state index >= 15 is 0 Å². The fourth-order valence-corrected chi connectivity index (χ4v) is 1.78. The molecule has 1 aromatic carbocycles. The molecule has 0 spiro atoms. The minimum atomic E-state index is 0.318. The number of hydrogen-bond acceptors (Lipinski definition) is 1. The third-order valence-corrected chi connectivity index (χ3v) is 2.35. The Balaban J connectivity index is 2.42. The molecule has 0 saturated carbocycles. The maximum absolute atomic E-state index is 4.20. The molecule has 1 aromatic rings. The monoisotopic (exact) mass is 157 g/mol. The second kappa shape index (κ2) is 2.96. The second-order valence-electron chi connectivity index (χ2n) is 3.04. The zero-order valence-electron chi connectivity index (χ0n) is 6.96. The molecule has 0 saturated heterocycles. The molecule has 60 valence electrons. The summed E-state index contributed by atoms with van der Waals surface area (Å²) in [6.45, 7) is 3.51. The molecular formula is C11H11N. The molecule has 0 N–H and O–H groups in total. The van der Waals surface area contributed by atoms with Crippen LogP contribution in [-0.2, 0) is 6.42 Å². The molecule has 1 aliphatic rings. The topological polar surface area (TPSA) is 12.4 Å². The number of nitrogens with zero attached hydrogens (tertiary/aromatic N) is 1. The highest BCUT2D eigenvalue weighted by Crippen LogP contribution is 2.33. The van der Waals surface area contributed by atoms with Crippen molar-refractivity contribution in [2.24, 2.45) is 4.99 Å². The summed E-state index contributed by atoms with van der Waals surface area (Å²) in [5, 5.41) is 0. The molecule has 1 heteroatoms. The minimum absolute atomic E-state index is 0.318. The Morgan fingerprint density at radius 1 is 1.42 bits per heavy atom. The molecule has 0 bridgehead atoms. The van der Waals surface area contributed by atoms with Gasteiger partial charge in [0.25, 0.3) is 0 Å². The summed E-state index contributed by atoms with van der Waals surface area (Å²) < 4.78 is 0. The Morgan fingerprint density at radius 3 is 3.08 bits per heavy atom. The van der Waals surface area contributed by atoms with Crippen LogP contribution in [0.3, 0.4) is 0 Å². The zero-order valence-corrected chi connectivity index (χ0v) is 6.96. The SMILES string of the molecule is C=C=NC1CCc2ccccc21. The molecule has 0 aromatic heterocycles. The van der Waals surface area contributed by atoms with Gasteiger partial charge in [-0.25, -0.2) is 4.99 Å². The maximum Gasteiger partial charge on any atom is 0.0848 e. The molecule has 1 nitrogen and oxygen atoms in total. The Labute approximate surface area is 72.5 Å². The van der Waals surface area contributed by atoms with E-state index in [9.17, 15) is 0 Å². The van der Waals surface area contributed by atoms with Crippen LogP contribution >= 0.6 is 0 Å². The third-order valence-electron chi connectivity index (χ3n) is 2.35. The first kappa shape index (κ1) is 7.33. The van der Waals surface area contributed by atoms with Crippen LogP contribution < -0.4 is 0 Å². The molecule has 0 aliphatic heterocycles. The van der Waals surface area contributed by atoms with Crippen LogP contribution in [0.4, 0.5) is 0 Å². The standard InChI is InChI=1S/C11H11N/c1-2-12-11-8-7-9-5-3-4-6-10(9)11/h3-6,11H,1,7-8H2. The lowest BCUT2D eigenvalue weighted by molar-refractivity contribution is 0.720. The lowest BCUT2D eigenvalue weighted by Crippen LogP contribution is -1.86. The van der Waals surface area contributed by atoms with E-state index in [2.05, 4.69) is 41.7 Å². The van der Waals surface area contributed by atoms with Crippen molar-refractivity contribution in [1.82, 2.24) is 0 Å². The maximum atomic E-state index is 4.20. The lowest BCUT2D eigenvalue weighted by atomic mass is 10.1. The lowest BCUT2D eigenvalue weighted by Gasteiger charge is -2.02. The second-order valence-corrected chi connectivity index (χ2v) is 3.04. The molecular weight excluding hydrogens is 146 g/mol. The van der Waals surface area contributed by atoms with Crippen molar-refractivity contribution in [3.8, 4) is 0 Å². The van der Waals surface area contributed by atoms with E-state index < -0.39 is 0 Å². The van der Waals surface area contributed by atoms with Gasteiger partial charge in [-0.1, -0.05) is 24.3 Å². The van der Waals surface area contributed by atoms with E-state index in [1.807, 2.05) is 0 Å². The van der Waals surface area contributed by atoms with Gasteiger partial charge in [0.2, 0.25) is 0 Å². The van der Waals surface area contributed by atoms with Crippen LogP contribution in [0.1, 0.15) is 23.6 Å². The molecule has 1 aliphatic carbocycles. The average molecular weight is 157 g/mol. The predicted molar refractivity (Wildman–Crippen MR) is 50.6 cm³/mol. The summed E-state index contributed by atoms with van der Waals surface area (Å²) in [6.07, 6.45) is 2.26. The van der Waals surface area contributed by atoms with Crippen LogP contribution in [0.25, 0.3) is 0 Å². The van der Waals surface area contributed by atoms with Gasteiger partial charge in [0.15, 0.2) is 0 Å². The highest BCUT2D eigenvalue weighted by atomic mass is 14.8. The van der Waals surface area contributed by atoms with Gasteiger partial charge in [0, 0.05) is 0 Å². The van der Waals surface area contributed by atoms with E-state index in [1.54, 1.807) is 0 Å². The van der Waals surface area contributed by atoms with Gasteiger partial charge < -0.3 is 0 Å². The Morgan fingerprint density at radius 2 is 2.25 bits per heavy atom. The van der Waals surface area contributed by atoms with Gasteiger partial charge in [0.05, 0.1) is 6.04 Å². The summed E-state index contributed by atoms with van der Waals surface area (Å²) in [6, 6.07) is 8.79. The smallest absolute Gasteiger partial charge is 0.0848 e. The number of rotatable bonds is 1. The first-order valence-corrected chi connectivity index (χ1v) is 4.21. The first-order valence-electron chi connectivity index (χ1n) is 4.21. The van der Waals surface area contributed by atoms with Crippen molar-refractivity contribution in [3.63, 3.8) is 0 Å². The third kappa shape index (κ3) is 1.09. The number of aryl methyl sites for hydroxylation is 1. The van der Waals surface area contributed by atoms with Crippen LogP contribution in [-0.4, -0.2) is 5.87 Å². The highest BCUT2D eigenvalue weighted by Gasteiger charge is 2.19. The first-order chi connectivity index (χ1) is 5.92. The zero-order chi connectivity index (χ0) is 8.39. The summed E-state index contributed by atoms with van der Waals surface area (Å²) >= 11 is 0. The highest BCUT2D eigenvalue weighted by molar-refractivity contribution is 5.48. The number of hydrogen-bond donors (Lipinski definition) is 0. The Kier molecular flexibility index (Phi) is 1.81. The number of aliphatic imine (C=N–C) groups is 1. The summed E-state index contributed by atoms with van der Waals surface area (Å²) in [5.74, 6) is 2.63. The molecule has 1 unspecified atom stereocenters. The van der Waals surface area contributed by atoms with Crippen LogP contribution in [0.15, 0.2) is 35.8 Å². The molecule has 12 heavy (non-hydrogen) atoms. The van der Waals surface area contributed by atoms with Crippen molar-refractivity contribution < 1.29 is 0 Å². The van der Waals surface area contributed by atoms with E-state index in [0.29, 0.717) is 6.04 Å². The van der Waals surface area contributed by atoms with Gasteiger partial charge in [-0.15, -0.1) is 0 Å². The fourth-order valence-electron chi connectivity index (χ4n) is 1.78. The predicted octanol–water partition coefficient (Wildman–Crippen LogP) is 2.53. The molecule has 0 radical (unpaired) electrons. The van der Waals surface area contributed by atoms with E-state index in [0.717, 1.165) is 12.8 Å². The molecule has 0 amide bonds. The van der Waals surface area contributed by atoms with Crippen molar-refractivity contribution in [2.45, 2.75) is 18.9 Å². The summed E-state index contributed by atoms with van der Waals surface area (Å²) in [7, 11) is 0. The summed E-state index contributed by atoms with van der Waals surface area (Å²) in [5.41, 5.74) is 2.79. The van der Waals surface area contributed by atoms with Crippen LogP contribution in [0, 0.1) is 0 Å². The Hall–Kier alpha value is -1.33. The van der Waals surface area contributed by atoms with E-state index in [1.165, 1.54) is 11.1 Å². The van der Waals surface area contributed by atoms with Gasteiger partial charge in [-0.2, -0.15) is 0 Å². The molecule has 0 fully saturated rings. The molecule has 2 rings (SSSR count). The van der Waals surface area contributed by atoms with Gasteiger partial charge in [0.1, 0.15) is 0 Å². The van der Waals surface area contributed by atoms with Crippen LogP contribution in [0.5, 0.6) is 0 Å². The minimum Gasteiger partial charge on any atom is -0.236 e. The molecule has 1 atom stereocenters. The van der Waals surface area contributed by atoms with Gasteiger partial charge in [-0.3, -0.25) is 0 Å².